The Morgan fingerprint density at radius 3 is 2.57 bits per heavy atom. The number of hydrogen-bond acceptors (Lipinski definition) is 3. The molecule has 0 spiro atoms. The third-order valence-electron chi connectivity index (χ3n) is 2.85. The van der Waals surface area contributed by atoms with Crippen molar-refractivity contribution in [3.63, 3.8) is 0 Å². The molecule has 5 nitrogen and oxygen atoms in total. The monoisotopic (exact) mass is 412 g/mol. The van der Waals surface area contributed by atoms with Gasteiger partial charge in [-0.15, -0.1) is 0 Å². The Morgan fingerprint density at radius 1 is 1.19 bits per heavy atom. The van der Waals surface area contributed by atoms with Gasteiger partial charge < -0.3 is 5.32 Å². The van der Waals surface area contributed by atoms with E-state index in [1.807, 2.05) is 0 Å². The molecule has 0 heterocycles. The molecule has 2 rings (SSSR count). The number of benzene rings is 2. The maximum Gasteiger partial charge on any atom is 0.271 e. The number of nitrogens with zero attached hydrogens (tertiary/aromatic N) is 1. The average Bonchev–Trinajstić information content (AvgIpc) is 2.43. The average molecular weight is 414 g/mol. The zero-order valence-corrected chi connectivity index (χ0v) is 14.1. The molecule has 1 N–H and O–H groups in total. The van der Waals surface area contributed by atoms with Crippen LogP contribution >= 0.6 is 31.9 Å². The summed E-state index contributed by atoms with van der Waals surface area (Å²) in [7, 11) is 0. The van der Waals surface area contributed by atoms with Crippen molar-refractivity contribution >= 4 is 49.1 Å². The third-order valence-corrected chi connectivity index (χ3v) is 4.04. The normalized spacial score (nSPS) is 10.2. The molecule has 0 saturated heterocycles. The van der Waals surface area contributed by atoms with Gasteiger partial charge in [0.1, 0.15) is 0 Å². The van der Waals surface area contributed by atoms with E-state index >= 15 is 0 Å². The molecule has 21 heavy (non-hydrogen) atoms. The molecule has 0 bridgehead atoms. The predicted molar refractivity (Wildman–Crippen MR) is 87.6 cm³/mol. The smallest absolute Gasteiger partial charge is 0.271 e. The van der Waals surface area contributed by atoms with E-state index in [1.54, 1.807) is 31.2 Å². The number of halogens is 2. The largest absolute Gasteiger partial charge is 0.321 e. The Hall–Kier alpha value is -1.73. The van der Waals surface area contributed by atoms with Gasteiger partial charge in [0.25, 0.3) is 11.6 Å². The Morgan fingerprint density at radius 2 is 1.90 bits per heavy atom. The van der Waals surface area contributed by atoms with Gasteiger partial charge in [-0.1, -0.05) is 22.0 Å². The summed E-state index contributed by atoms with van der Waals surface area (Å²) in [6.07, 6.45) is 0. The number of amides is 1. The van der Waals surface area contributed by atoms with Crippen molar-refractivity contribution in [2.75, 3.05) is 5.32 Å². The first kappa shape index (κ1) is 15.7. The second kappa shape index (κ2) is 6.36. The van der Waals surface area contributed by atoms with E-state index < -0.39 is 4.92 Å². The molecule has 2 aromatic rings. The Bertz CT molecular complexity index is 732. The highest BCUT2D eigenvalue weighted by molar-refractivity contribution is 9.11. The van der Waals surface area contributed by atoms with Crippen molar-refractivity contribution in [3.05, 3.63) is 66.6 Å². The number of aryl methyl sites for hydroxylation is 1. The molecular formula is C14H10Br2N2O3. The minimum atomic E-state index is -0.496. The van der Waals surface area contributed by atoms with Crippen LogP contribution in [0.3, 0.4) is 0 Å². The van der Waals surface area contributed by atoms with Gasteiger partial charge in [0.2, 0.25) is 0 Å². The maximum absolute atomic E-state index is 12.3. The highest BCUT2D eigenvalue weighted by Gasteiger charge is 2.14. The van der Waals surface area contributed by atoms with Crippen LogP contribution in [0.1, 0.15) is 15.9 Å². The summed E-state index contributed by atoms with van der Waals surface area (Å²) in [6.45, 7) is 1.77. The van der Waals surface area contributed by atoms with Crippen LogP contribution in [-0.4, -0.2) is 10.8 Å². The number of anilines is 1. The second-order valence-corrected chi connectivity index (χ2v) is 6.10. The van der Waals surface area contributed by atoms with Gasteiger partial charge in [-0.25, -0.2) is 0 Å². The number of nitrogens with one attached hydrogen (secondary N) is 1. The number of carbonyl (C=O) groups excluding carboxylic acids is 1. The number of carbonyl (C=O) groups is 1. The van der Waals surface area contributed by atoms with Crippen LogP contribution in [0, 0.1) is 17.0 Å². The topological polar surface area (TPSA) is 72.2 Å². The van der Waals surface area contributed by atoms with Gasteiger partial charge in [0.15, 0.2) is 0 Å². The molecule has 1 amide bonds. The zero-order chi connectivity index (χ0) is 15.6. The summed E-state index contributed by atoms with van der Waals surface area (Å²) >= 11 is 6.62. The van der Waals surface area contributed by atoms with E-state index in [9.17, 15) is 14.9 Å². The highest BCUT2D eigenvalue weighted by atomic mass is 79.9. The summed E-state index contributed by atoms with van der Waals surface area (Å²) in [6, 6.07) is 9.58. The molecule has 0 unspecified atom stereocenters. The second-order valence-electron chi connectivity index (χ2n) is 4.33. The SMILES string of the molecule is Cc1ccc([N+](=O)[O-])cc1NC(=O)c1cc(Br)ccc1Br. The minimum absolute atomic E-state index is 0.0655. The highest BCUT2D eigenvalue weighted by Crippen LogP contribution is 2.25. The van der Waals surface area contributed by atoms with Gasteiger partial charge in [-0.05, 0) is 46.6 Å². The molecule has 7 heteroatoms. The predicted octanol–water partition coefficient (Wildman–Crippen LogP) is 4.68. The number of nitro groups is 1. The molecule has 2 aromatic carbocycles. The van der Waals surface area contributed by atoms with E-state index in [4.69, 9.17) is 0 Å². The molecule has 0 fully saturated rings. The first-order valence-corrected chi connectivity index (χ1v) is 7.48. The fourth-order valence-electron chi connectivity index (χ4n) is 1.72. The third kappa shape index (κ3) is 3.68. The molecular weight excluding hydrogens is 404 g/mol. The summed E-state index contributed by atoms with van der Waals surface area (Å²) in [5, 5.41) is 13.5. The number of rotatable bonds is 3. The summed E-state index contributed by atoms with van der Waals surface area (Å²) in [5.74, 6) is -0.341. The van der Waals surface area contributed by atoms with E-state index in [-0.39, 0.29) is 11.6 Å². The molecule has 0 radical (unpaired) electrons. The fraction of sp³-hybridized carbons (Fsp3) is 0.0714. The van der Waals surface area contributed by atoms with Crippen LogP contribution in [0.25, 0.3) is 0 Å². The van der Waals surface area contributed by atoms with Crippen LogP contribution in [0.5, 0.6) is 0 Å². The van der Waals surface area contributed by atoms with Crippen molar-refractivity contribution in [1.82, 2.24) is 0 Å². The standard InChI is InChI=1S/C14H10Br2N2O3/c1-8-2-4-10(18(20)21)7-13(8)17-14(19)11-6-9(15)3-5-12(11)16/h2-7H,1H3,(H,17,19). The van der Waals surface area contributed by atoms with Crippen LogP contribution in [0.2, 0.25) is 0 Å². The summed E-state index contributed by atoms with van der Waals surface area (Å²) in [5.41, 5.74) is 1.54. The quantitative estimate of drug-likeness (QED) is 0.586. The lowest BCUT2D eigenvalue weighted by Crippen LogP contribution is -2.13. The van der Waals surface area contributed by atoms with Crippen LogP contribution in [0.4, 0.5) is 11.4 Å². The van der Waals surface area contributed by atoms with Crippen molar-refractivity contribution in [3.8, 4) is 0 Å². The molecule has 0 saturated carbocycles. The van der Waals surface area contributed by atoms with E-state index in [0.29, 0.717) is 15.7 Å². The number of non-ortho nitro benzene ring substituents is 1. The van der Waals surface area contributed by atoms with Gasteiger partial charge in [0.05, 0.1) is 16.2 Å². The first-order chi connectivity index (χ1) is 9.88. The van der Waals surface area contributed by atoms with Gasteiger partial charge in [-0.3, -0.25) is 14.9 Å². The lowest BCUT2D eigenvalue weighted by Gasteiger charge is -2.09. The van der Waals surface area contributed by atoms with Crippen molar-refractivity contribution in [1.29, 1.82) is 0 Å². The first-order valence-electron chi connectivity index (χ1n) is 5.90. The molecule has 108 valence electrons. The van der Waals surface area contributed by atoms with E-state index in [2.05, 4.69) is 37.2 Å². The molecule has 0 atom stereocenters. The Labute approximate surface area is 137 Å². The van der Waals surface area contributed by atoms with Crippen molar-refractivity contribution in [2.45, 2.75) is 6.92 Å². The summed E-state index contributed by atoms with van der Waals surface area (Å²) in [4.78, 5) is 22.6. The van der Waals surface area contributed by atoms with Crippen LogP contribution in [-0.2, 0) is 0 Å². The maximum atomic E-state index is 12.3. The van der Waals surface area contributed by atoms with Crippen LogP contribution < -0.4 is 5.32 Å². The van der Waals surface area contributed by atoms with Gasteiger partial charge in [-0.2, -0.15) is 0 Å². The van der Waals surface area contributed by atoms with Gasteiger partial charge in [0, 0.05) is 21.1 Å². The van der Waals surface area contributed by atoms with Gasteiger partial charge >= 0.3 is 0 Å². The van der Waals surface area contributed by atoms with Crippen molar-refractivity contribution in [2.24, 2.45) is 0 Å². The zero-order valence-electron chi connectivity index (χ0n) is 10.9. The van der Waals surface area contributed by atoms with Crippen molar-refractivity contribution < 1.29 is 9.72 Å². The molecule has 0 aliphatic rings. The Kier molecular flexibility index (Phi) is 4.74. The molecule has 0 aliphatic carbocycles. The lowest BCUT2D eigenvalue weighted by atomic mass is 10.1. The van der Waals surface area contributed by atoms with E-state index in [1.165, 1.54) is 12.1 Å². The van der Waals surface area contributed by atoms with E-state index in [0.717, 1.165) is 10.0 Å². The Balaban J connectivity index is 2.33. The molecule has 0 aromatic heterocycles. The number of nitro benzene ring substituents is 1. The fourth-order valence-corrected chi connectivity index (χ4v) is 2.51. The molecule has 0 aliphatic heterocycles. The minimum Gasteiger partial charge on any atom is -0.321 e. The lowest BCUT2D eigenvalue weighted by molar-refractivity contribution is -0.384. The van der Waals surface area contributed by atoms with Crippen LogP contribution in [0.15, 0.2) is 45.3 Å². The summed E-state index contributed by atoms with van der Waals surface area (Å²) < 4.78 is 1.41. The number of hydrogen-bond donors (Lipinski definition) is 1.